The van der Waals surface area contributed by atoms with Crippen LogP contribution in [0.3, 0.4) is 0 Å². The molecule has 2 heterocycles. The fraction of sp³-hybridized carbons (Fsp3) is 0.733. The Morgan fingerprint density at radius 1 is 1.52 bits per heavy atom. The maximum atomic E-state index is 12.2. The number of likely N-dealkylation sites (tertiary alicyclic amines) is 1. The maximum absolute atomic E-state index is 12.2. The zero-order valence-electron chi connectivity index (χ0n) is 13.4. The molecule has 21 heavy (non-hydrogen) atoms. The van der Waals surface area contributed by atoms with Crippen molar-refractivity contribution < 1.29 is 9.53 Å². The number of rotatable bonds is 4. The zero-order valence-corrected chi connectivity index (χ0v) is 13.4. The minimum atomic E-state index is -0.0841. The molecule has 0 radical (unpaired) electrons. The average Bonchev–Trinajstić information content (AvgIpc) is 3.04. The molecule has 0 saturated carbocycles. The van der Waals surface area contributed by atoms with Crippen molar-refractivity contribution in [1.29, 1.82) is 0 Å². The molecule has 0 spiro atoms. The first-order chi connectivity index (χ1) is 9.90. The maximum Gasteiger partial charge on any atom is 0.323 e. The smallest absolute Gasteiger partial charge is 0.323 e. The summed E-state index contributed by atoms with van der Waals surface area (Å²) in [6.45, 7) is 11.2. The highest BCUT2D eigenvalue weighted by Gasteiger charge is 2.26. The molecule has 0 bridgehead atoms. The molecule has 0 unspecified atom stereocenters. The number of urea groups is 1. The third-order valence-corrected chi connectivity index (χ3v) is 3.64. The van der Waals surface area contributed by atoms with E-state index >= 15 is 0 Å². The number of nitrogens with zero attached hydrogens (tertiary/aromatic N) is 3. The number of hydrogen-bond donors (Lipinski definition) is 1. The van der Waals surface area contributed by atoms with E-state index < -0.39 is 0 Å². The number of ether oxygens (including phenoxy) is 1. The van der Waals surface area contributed by atoms with Crippen molar-refractivity contribution >= 4 is 11.8 Å². The highest BCUT2D eigenvalue weighted by Crippen LogP contribution is 2.19. The molecular weight excluding hydrogens is 268 g/mol. The Hall–Kier alpha value is -1.56. The summed E-state index contributed by atoms with van der Waals surface area (Å²) in [5.74, 6) is 1.05. The van der Waals surface area contributed by atoms with Crippen LogP contribution in [0.2, 0.25) is 0 Å². The summed E-state index contributed by atoms with van der Waals surface area (Å²) in [6, 6.07) is 1.75. The lowest BCUT2D eigenvalue weighted by molar-refractivity contribution is 0.113. The Kier molecular flexibility index (Phi) is 4.88. The summed E-state index contributed by atoms with van der Waals surface area (Å²) >= 11 is 0. The van der Waals surface area contributed by atoms with E-state index in [1.807, 2.05) is 28.8 Å². The van der Waals surface area contributed by atoms with Gasteiger partial charge >= 0.3 is 6.03 Å². The Labute approximate surface area is 126 Å². The Balaban J connectivity index is 1.86. The average molecular weight is 294 g/mol. The second-order valence-corrected chi connectivity index (χ2v) is 6.51. The van der Waals surface area contributed by atoms with E-state index in [2.05, 4.69) is 31.2 Å². The van der Waals surface area contributed by atoms with Gasteiger partial charge in [-0.15, -0.1) is 0 Å². The molecule has 0 aliphatic carbocycles. The normalized spacial score (nSPS) is 19.0. The summed E-state index contributed by atoms with van der Waals surface area (Å²) in [6.07, 6.45) is 2.89. The quantitative estimate of drug-likeness (QED) is 0.928. The second kappa shape index (κ2) is 6.47. The summed E-state index contributed by atoms with van der Waals surface area (Å²) in [5.41, 5.74) is -0.0841. The van der Waals surface area contributed by atoms with E-state index in [0.29, 0.717) is 11.7 Å². The fourth-order valence-electron chi connectivity index (χ4n) is 2.39. The number of anilines is 1. The van der Waals surface area contributed by atoms with Gasteiger partial charge < -0.3 is 9.64 Å². The van der Waals surface area contributed by atoms with Gasteiger partial charge in [-0.25, -0.2) is 4.79 Å². The van der Waals surface area contributed by atoms with Crippen molar-refractivity contribution in [2.75, 3.05) is 31.6 Å². The van der Waals surface area contributed by atoms with Gasteiger partial charge in [0.2, 0.25) is 0 Å². The first-order valence-corrected chi connectivity index (χ1v) is 7.60. The van der Waals surface area contributed by atoms with Crippen LogP contribution < -0.4 is 5.32 Å². The molecule has 2 rings (SSSR count). The van der Waals surface area contributed by atoms with Crippen LogP contribution in [0.25, 0.3) is 0 Å². The lowest BCUT2D eigenvalue weighted by Gasteiger charge is -2.19. The molecule has 0 aromatic carbocycles. The molecule has 1 atom stereocenters. The predicted molar refractivity (Wildman–Crippen MR) is 82.4 cm³/mol. The first kappa shape index (κ1) is 15.8. The molecule has 2 amide bonds. The van der Waals surface area contributed by atoms with E-state index in [1.165, 1.54) is 0 Å². The van der Waals surface area contributed by atoms with Gasteiger partial charge in [-0.05, 0) is 34.1 Å². The van der Waals surface area contributed by atoms with Crippen LogP contribution in [0.4, 0.5) is 10.6 Å². The van der Waals surface area contributed by atoms with E-state index in [-0.39, 0.29) is 11.6 Å². The van der Waals surface area contributed by atoms with Crippen LogP contribution in [-0.2, 0) is 10.3 Å². The van der Waals surface area contributed by atoms with Gasteiger partial charge in [0.1, 0.15) is 0 Å². The van der Waals surface area contributed by atoms with Crippen molar-refractivity contribution in [2.45, 2.75) is 39.7 Å². The molecule has 1 aliphatic rings. The number of aromatic nitrogens is 2. The lowest BCUT2D eigenvalue weighted by atomic mass is 10.1. The third-order valence-electron chi connectivity index (χ3n) is 3.64. The Morgan fingerprint density at radius 3 is 2.90 bits per heavy atom. The number of carbonyl (C=O) groups excluding carboxylic acids is 1. The summed E-state index contributed by atoms with van der Waals surface area (Å²) in [5, 5.41) is 7.26. The van der Waals surface area contributed by atoms with Crippen molar-refractivity contribution in [3.63, 3.8) is 0 Å². The first-order valence-electron chi connectivity index (χ1n) is 7.60. The van der Waals surface area contributed by atoms with Crippen molar-refractivity contribution in [2.24, 2.45) is 5.92 Å². The van der Waals surface area contributed by atoms with Gasteiger partial charge in [0.05, 0.1) is 12.1 Å². The van der Waals surface area contributed by atoms with Crippen molar-refractivity contribution in [1.82, 2.24) is 14.7 Å². The van der Waals surface area contributed by atoms with Gasteiger partial charge in [0.15, 0.2) is 5.82 Å². The van der Waals surface area contributed by atoms with E-state index in [4.69, 9.17) is 4.74 Å². The second-order valence-electron chi connectivity index (χ2n) is 6.51. The molecule has 1 N–H and O–H groups in total. The highest BCUT2D eigenvalue weighted by atomic mass is 16.5. The summed E-state index contributed by atoms with van der Waals surface area (Å²) in [7, 11) is 0. The fourth-order valence-corrected chi connectivity index (χ4v) is 2.39. The van der Waals surface area contributed by atoms with Gasteiger partial charge in [0, 0.05) is 37.9 Å². The van der Waals surface area contributed by atoms with E-state index in [9.17, 15) is 4.79 Å². The third kappa shape index (κ3) is 4.20. The summed E-state index contributed by atoms with van der Waals surface area (Å²) in [4.78, 5) is 14.1. The van der Waals surface area contributed by atoms with Crippen LogP contribution in [0.5, 0.6) is 0 Å². The number of nitrogens with one attached hydrogen (secondary N) is 1. The highest BCUT2D eigenvalue weighted by molar-refractivity contribution is 5.88. The molecule has 1 saturated heterocycles. The Morgan fingerprint density at radius 2 is 2.29 bits per heavy atom. The predicted octanol–water partition coefficient (Wildman–Crippen LogP) is 2.53. The van der Waals surface area contributed by atoms with Crippen LogP contribution in [-0.4, -0.2) is 47.0 Å². The van der Waals surface area contributed by atoms with E-state index in [0.717, 1.165) is 32.7 Å². The monoisotopic (exact) mass is 294 g/mol. The number of amides is 2. The molecular formula is C15H26N4O2. The number of hydrogen-bond acceptors (Lipinski definition) is 3. The minimum absolute atomic E-state index is 0.0758. The largest absolute Gasteiger partial charge is 0.381 e. The molecule has 1 fully saturated rings. The van der Waals surface area contributed by atoms with Crippen molar-refractivity contribution in [3.05, 3.63) is 12.3 Å². The molecule has 1 aromatic rings. The van der Waals surface area contributed by atoms with Gasteiger partial charge in [-0.2, -0.15) is 5.10 Å². The standard InChI is InChI=1S/C15H26N4O2/c1-5-21-11-12-6-8-18(10-12)14(20)16-13-7-9-19(17-13)15(2,3)4/h7,9,12H,5-6,8,10-11H2,1-4H3,(H,16,17,20)/t12-/m0/s1. The van der Waals surface area contributed by atoms with Crippen LogP contribution in [0.15, 0.2) is 12.3 Å². The van der Waals surface area contributed by atoms with Crippen LogP contribution >= 0.6 is 0 Å². The number of carbonyl (C=O) groups is 1. The van der Waals surface area contributed by atoms with Gasteiger partial charge in [-0.1, -0.05) is 0 Å². The molecule has 1 aliphatic heterocycles. The Bertz CT molecular complexity index is 478. The zero-order chi connectivity index (χ0) is 15.5. The lowest BCUT2D eigenvalue weighted by Crippen LogP contribution is -2.33. The van der Waals surface area contributed by atoms with Crippen LogP contribution in [0, 0.1) is 5.92 Å². The van der Waals surface area contributed by atoms with Gasteiger partial charge in [-0.3, -0.25) is 10.00 Å². The van der Waals surface area contributed by atoms with E-state index in [1.54, 1.807) is 0 Å². The molecule has 118 valence electrons. The molecule has 6 nitrogen and oxygen atoms in total. The minimum Gasteiger partial charge on any atom is -0.381 e. The topological polar surface area (TPSA) is 59.4 Å². The van der Waals surface area contributed by atoms with Gasteiger partial charge in [0.25, 0.3) is 0 Å². The van der Waals surface area contributed by atoms with Crippen molar-refractivity contribution in [3.8, 4) is 0 Å². The summed E-state index contributed by atoms with van der Waals surface area (Å²) < 4.78 is 7.28. The molecule has 6 heteroatoms. The molecule has 1 aromatic heterocycles. The van der Waals surface area contributed by atoms with Crippen LogP contribution in [0.1, 0.15) is 34.1 Å². The SMILES string of the molecule is CCOC[C@H]1CCN(C(=O)Nc2ccn(C(C)(C)C)n2)C1.